The molecule has 1 saturated heterocycles. The monoisotopic (exact) mass is 344 g/mol. The molecule has 0 radical (unpaired) electrons. The number of methoxy groups -OCH3 is 2. The van der Waals surface area contributed by atoms with Gasteiger partial charge in [0.05, 0.1) is 20.3 Å². The lowest BCUT2D eigenvalue weighted by Crippen LogP contribution is -2.32. The highest BCUT2D eigenvalue weighted by atomic mass is 16.5. The van der Waals surface area contributed by atoms with Gasteiger partial charge in [-0.2, -0.15) is 5.10 Å². The molecule has 1 fully saturated rings. The van der Waals surface area contributed by atoms with E-state index < -0.39 is 0 Å². The topological polar surface area (TPSA) is 77.4 Å². The smallest absolute Gasteiger partial charge is 0.272 e. The Morgan fingerprint density at radius 3 is 2.88 bits per heavy atom. The molecule has 0 spiro atoms. The Kier molecular flexibility index (Phi) is 5.55. The Morgan fingerprint density at radius 1 is 1.32 bits per heavy atom. The highest BCUT2D eigenvalue weighted by Crippen LogP contribution is 2.27. The van der Waals surface area contributed by atoms with Gasteiger partial charge in [-0.25, -0.2) is 0 Å². The number of hydrogen-bond acceptors (Lipinski definition) is 5. The van der Waals surface area contributed by atoms with Crippen LogP contribution in [0.2, 0.25) is 0 Å². The Hall–Kier alpha value is -2.54. The first-order chi connectivity index (χ1) is 12.2. The second-order valence-electron chi connectivity index (χ2n) is 6.05. The summed E-state index contributed by atoms with van der Waals surface area (Å²) in [6, 6.07) is 7.66. The van der Waals surface area contributed by atoms with Gasteiger partial charge < -0.3 is 20.1 Å². The number of ether oxygens (including phenoxy) is 2. The minimum atomic E-state index is -0.183. The van der Waals surface area contributed by atoms with Gasteiger partial charge in [0.15, 0.2) is 11.5 Å². The zero-order valence-corrected chi connectivity index (χ0v) is 14.6. The molecule has 1 aromatic carbocycles. The molecule has 1 amide bonds. The normalized spacial score (nSPS) is 17.1. The lowest BCUT2D eigenvalue weighted by molar-refractivity contribution is 0.0944. The maximum absolute atomic E-state index is 12.3. The number of carbonyl (C=O) groups excluding carboxylic acids is 1. The van der Waals surface area contributed by atoms with E-state index >= 15 is 0 Å². The number of rotatable bonds is 6. The third kappa shape index (κ3) is 4.11. The van der Waals surface area contributed by atoms with Gasteiger partial charge in [-0.1, -0.05) is 6.07 Å². The summed E-state index contributed by atoms with van der Waals surface area (Å²) in [5.41, 5.74) is 1.37. The van der Waals surface area contributed by atoms with Crippen molar-refractivity contribution in [2.75, 3.05) is 27.3 Å². The molecule has 0 aliphatic carbocycles. The second-order valence-corrected chi connectivity index (χ2v) is 6.05. The highest BCUT2D eigenvalue weighted by molar-refractivity contribution is 5.92. The molecule has 1 atom stereocenters. The third-order valence-electron chi connectivity index (χ3n) is 4.39. The molecule has 0 saturated carbocycles. The van der Waals surface area contributed by atoms with Crippen molar-refractivity contribution in [2.45, 2.75) is 25.4 Å². The van der Waals surface area contributed by atoms with Crippen LogP contribution in [0.1, 0.15) is 34.9 Å². The lowest BCUT2D eigenvalue weighted by atomic mass is 10.1. The van der Waals surface area contributed by atoms with Gasteiger partial charge in [-0.3, -0.25) is 9.48 Å². The Bertz CT molecular complexity index is 723. The van der Waals surface area contributed by atoms with E-state index in [1.807, 2.05) is 29.1 Å². The van der Waals surface area contributed by atoms with Crippen molar-refractivity contribution in [3.63, 3.8) is 0 Å². The predicted octanol–water partition coefficient (Wildman–Crippen LogP) is 1.75. The van der Waals surface area contributed by atoms with E-state index in [9.17, 15) is 4.79 Å². The molecule has 7 heteroatoms. The van der Waals surface area contributed by atoms with Gasteiger partial charge in [0.25, 0.3) is 5.91 Å². The van der Waals surface area contributed by atoms with E-state index in [0.717, 1.165) is 31.5 Å². The van der Waals surface area contributed by atoms with E-state index in [1.165, 1.54) is 0 Å². The van der Waals surface area contributed by atoms with Gasteiger partial charge in [0.2, 0.25) is 0 Å². The van der Waals surface area contributed by atoms with Crippen molar-refractivity contribution in [1.82, 2.24) is 20.4 Å². The Morgan fingerprint density at radius 2 is 2.16 bits per heavy atom. The fraction of sp³-hybridized carbons (Fsp3) is 0.444. The van der Waals surface area contributed by atoms with Crippen LogP contribution in [0.4, 0.5) is 0 Å². The summed E-state index contributed by atoms with van der Waals surface area (Å²) < 4.78 is 12.4. The Balaban J connectivity index is 1.60. The first-order valence-corrected chi connectivity index (χ1v) is 8.46. The van der Waals surface area contributed by atoms with Crippen LogP contribution in [0.5, 0.6) is 11.5 Å². The van der Waals surface area contributed by atoms with Gasteiger partial charge >= 0.3 is 0 Å². The summed E-state index contributed by atoms with van der Waals surface area (Å²) in [7, 11) is 3.18. The van der Waals surface area contributed by atoms with Crippen LogP contribution in [0.25, 0.3) is 0 Å². The maximum Gasteiger partial charge on any atom is 0.272 e. The van der Waals surface area contributed by atoms with E-state index in [1.54, 1.807) is 20.3 Å². The third-order valence-corrected chi connectivity index (χ3v) is 4.39. The van der Waals surface area contributed by atoms with Gasteiger partial charge in [-0.05, 0) is 43.1 Å². The summed E-state index contributed by atoms with van der Waals surface area (Å²) in [5.74, 6) is 1.12. The number of amides is 1. The van der Waals surface area contributed by atoms with Crippen LogP contribution in [-0.2, 0) is 6.54 Å². The molecule has 1 aliphatic rings. The maximum atomic E-state index is 12.3. The first-order valence-electron chi connectivity index (χ1n) is 8.46. The molecule has 1 aromatic heterocycles. The van der Waals surface area contributed by atoms with Crippen LogP contribution in [0.3, 0.4) is 0 Å². The van der Waals surface area contributed by atoms with Crippen molar-refractivity contribution in [3.8, 4) is 11.5 Å². The van der Waals surface area contributed by atoms with Crippen LogP contribution >= 0.6 is 0 Å². The van der Waals surface area contributed by atoms with Crippen LogP contribution in [0.15, 0.2) is 30.5 Å². The molecular weight excluding hydrogens is 320 g/mol. The number of nitrogens with zero attached hydrogens (tertiary/aromatic N) is 2. The number of benzene rings is 1. The number of piperidine rings is 1. The van der Waals surface area contributed by atoms with Crippen LogP contribution < -0.4 is 20.1 Å². The number of aromatic nitrogens is 2. The summed E-state index contributed by atoms with van der Waals surface area (Å²) in [4.78, 5) is 12.3. The van der Waals surface area contributed by atoms with E-state index in [0.29, 0.717) is 29.8 Å². The molecule has 1 unspecified atom stereocenters. The van der Waals surface area contributed by atoms with Gasteiger partial charge in [0.1, 0.15) is 5.69 Å². The minimum absolute atomic E-state index is 0.183. The van der Waals surface area contributed by atoms with E-state index in [2.05, 4.69) is 15.7 Å². The largest absolute Gasteiger partial charge is 0.493 e. The second kappa shape index (κ2) is 8.02. The number of carbonyl (C=O) groups is 1. The molecule has 1 aliphatic heterocycles. The molecule has 2 heterocycles. The van der Waals surface area contributed by atoms with Crippen LogP contribution in [0, 0.1) is 0 Å². The fourth-order valence-corrected chi connectivity index (χ4v) is 2.99. The quantitative estimate of drug-likeness (QED) is 0.835. The van der Waals surface area contributed by atoms with Crippen molar-refractivity contribution in [1.29, 1.82) is 0 Å². The molecule has 0 bridgehead atoms. The summed E-state index contributed by atoms with van der Waals surface area (Å²) in [6.07, 6.45) is 4.09. The molecular formula is C18H24N4O3. The fourth-order valence-electron chi connectivity index (χ4n) is 2.99. The zero-order valence-electron chi connectivity index (χ0n) is 14.6. The van der Waals surface area contributed by atoms with Crippen molar-refractivity contribution < 1.29 is 14.3 Å². The Labute approximate surface area is 147 Å². The summed E-state index contributed by atoms with van der Waals surface area (Å²) in [5, 5.41) is 10.7. The first kappa shape index (κ1) is 17.3. The summed E-state index contributed by atoms with van der Waals surface area (Å²) >= 11 is 0. The van der Waals surface area contributed by atoms with Gasteiger partial charge in [0, 0.05) is 19.3 Å². The van der Waals surface area contributed by atoms with Crippen molar-refractivity contribution in [2.24, 2.45) is 0 Å². The molecule has 2 N–H and O–H groups in total. The number of hydrogen-bond donors (Lipinski definition) is 2. The number of nitrogens with one attached hydrogen (secondary N) is 2. The molecule has 25 heavy (non-hydrogen) atoms. The predicted molar refractivity (Wildman–Crippen MR) is 94.1 cm³/mol. The molecule has 7 nitrogen and oxygen atoms in total. The average molecular weight is 344 g/mol. The van der Waals surface area contributed by atoms with Gasteiger partial charge in [-0.15, -0.1) is 0 Å². The zero-order chi connectivity index (χ0) is 17.6. The van der Waals surface area contributed by atoms with Crippen LogP contribution in [-0.4, -0.2) is 43.0 Å². The van der Waals surface area contributed by atoms with E-state index in [4.69, 9.17) is 9.47 Å². The highest BCUT2D eigenvalue weighted by Gasteiger charge is 2.17. The summed E-state index contributed by atoms with van der Waals surface area (Å²) in [6.45, 7) is 2.35. The average Bonchev–Trinajstić information content (AvgIpc) is 3.17. The molecule has 134 valence electrons. The molecule has 3 rings (SSSR count). The molecule has 2 aromatic rings. The standard InChI is InChI=1S/C18H24N4O3/c1-24-16-6-5-13(10-17(16)25-2)11-20-18(23)15-7-9-22(21-15)14-4-3-8-19-12-14/h5-7,9-10,14,19H,3-4,8,11-12H2,1-2H3,(H,20,23). The van der Waals surface area contributed by atoms with E-state index in [-0.39, 0.29) is 5.91 Å². The lowest BCUT2D eigenvalue weighted by Gasteiger charge is -2.22. The van der Waals surface area contributed by atoms with Crippen molar-refractivity contribution in [3.05, 3.63) is 41.7 Å². The minimum Gasteiger partial charge on any atom is -0.493 e. The van der Waals surface area contributed by atoms with Crippen molar-refractivity contribution >= 4 is 5.91 Å². The SMILES string of the molecule is COc1ccc(CNC(=O)c2ccn(C3CCCNC3)n2)cc1OC.